The molecule has 1 aromatic rings. The van der Waals surface area contributed by atoms with Crippen molar-refractivity contribution < 1.29 is 18.7 Å². The number of carbonyl (C=O) groups is 1. The van der Waals surface area contributed by atoms with Crippen LogP contribution in [0.1, 0.15) is 13.3 Å². The molecule has 0 unspecified atom stereocenters. The number of carboxylic acid groups (broad SMARTS) is 1. The first kappa shape index (κ1) is 12.7. The van der Waals surface area contributed by atoms with E-state index in [0.717, 1.165) is 12.4 Å². The van der Waals surface area contributed by atoms with E-state index in [0.29, 0.717) is 6.54 Å². The first-order valence-electron chi connectivity index (χ1n) is 5.53. The molecule has 2 atom stereocenters. The Morgan fingerprint density at radius 1 is 1.56 bits per heavy atom. The summed E-state index contributed by atoms with van der Waals surface area (Å²) in [5.41, 5.74) is -1.38. The van der Waals surface area contributed by atoms with Crippen LogP contribution in [0.25, 0.3) is 0 Å². The summed E-state index contributed by atoms with van der Waals surface area (Å²) < 4.78 is 26.6. The Kier molecular flexibility index (Phi) is 3.14. The number of hydrogen-bond acceptors (Lipinski definition) is 4. The van der Waals surface area contributed by atoms with Crippen LogP contribution in [0.5, 0.6) is 0 Å². The van der Waals surface area contributed by atoms with Crippen LogP contribution in [-0.2, 0) is 4.79 Å². The molecule has 1 aliphatic rings. The largest absolute Gasteiger partial charge is 0.481 e. The van der Waals surface area contributed by atoms with Gasteiger partial charge in [0.2, 0.25) is 5.95 Å². The summed E-state index contributed by atoms with van der Waals surface area (Å²) in [5.74, 6) is -1.50. The molecule has 0 radical (unpaired) electrons. The Morgan fingerprint density at radius 3 is 2.67 bits per heavy atom. The molecular formula is C11H13F2N3O2. The molecule has 0 aromatic carbocycles. The normalized spacial score (nSPS) is 28.2. The van der Waals surface area contributed by atoms with Crippen molar-refractivity contribution in [1.82, 2.24) is 9.97 Å². The van der Waals surface area contributed by atoms with Gasteiger partial charge in [0.25, 0.3) is 0 Å². The minimum Gasteiger partial charge on any atom is -0.481 e. The molecule has 0 aliphatic carbocycles. The second-order valence-corrected chi connectivity index (χ2v) is 4.59. The first-order chi connectivity index (χ1) is 8.43. The zero-order valence-corrected chi connectivity index (χ0v) is 9.81. The molecule has 1 N–H and O–H groups in total. The highest BCUT2D eigenvalue weighted by Crippen LogP contribution is 2.34. The van der Waals surface area contributed by atoms with Gasteiger partial charge in [-0.15, -0.1) is 0 Å². The molecule has 1 saturated heterocycles. The van der Waals surface area contributed by atoms with Crippen LogP contribution in [-0.4, -0.2) is 40.3 Å². The quantitative estimate of drug-likeness (QED) is 0.863. The Labute approximate surface area is 102 Å². The number of rotatable bonds is 2. The third-order valence-electron chi connectivity index (χ3n) is 3.35. The summed E-state index contributed by atoms with van der Waals surface area (Å²) >= 11 is 0. The molecule has 2 heterocycles. The number of aromatic nitrogens is 2. The fourth-order valence-electron chi connectivity index (χ4n) is 1.90. The van der Waals surface area contributed by atoms with E-state index in [1.807, 2.05) is 0 Å². The maximum Gasteiger partial charge on any atom is 0.312 e. The van der Waals surface area contributed by atoms with E-state index in [2.05, 4.69) is 9.97 Å². The van der Waals surface area contributed by atoms with Gasteiger partial charge in [0.15, 0.2) is 5.82 Å². The molecule has 1 fully saturated rings. The van der Waals surface area contributed by atoms with Gasteiger partial charge in [0.1, 0.15) is 6.17 Å². The van der Waals surface area contributed by atoms with Crippen LogP contribution in [0.3, 0.4) is 0 Å². The lowest BCUT2D eigenvalue weighted by Gasteiger charge is -2.39. The molecule has 98 valence electrons. The fraction of sp³-hybridized carbons (Fsp3) is 0.545. The van der Waals surface area contributed by atoms with Crippen LogP contribution in [0.2, 0.25) is 0 Å². The summed E-state index contributed by atoms with van der Waals surface area (Å²) in [7, 11) is 0. The van der Waals surface area contributed by atoms with Crippen molar-refractivity contribution in [3.63, 3.8) is 0 Å². The van der Waals surface area contributed by atoms with Gasteiger partial charge in [-0.2, -0.15) is 0 Å². The number of carboxylic acids is 1. The molecular weight excluding hydrogens is 244 g/mol. The zero-order valence-electron chi connectivity index (χ0n) is 9.81. The maximum atomic E-state index is 13.9. The number of hydrogen-bond donors (Lipinski definition) is 1. The van der Waals surface area contributed by atoms with Gasteiger partial charge < -0.3 is 10.0 Å². The van der Waals surface area contributed by atoms with Crippen molar-refractivity contribution >= 4 is 11.9 Å². The van der Waals surface area contributed by atoms with Crippen molar-refractivity contribution in [1.29, 1.82) is 0 Å². The third kappa shape index (κ3) is 2.12. The first-order valence-corrected chi connectivity index (χ1v) is 5.53. The van der Waals surface area contributed by atoms with Crippen molar-refractivity contribution in [2.24, 2.45) is 5.41 Å². The lowest BCUT2D eigenvalue weighted by molar-refractivity contribution is -0.153. The molecule has 0 spiro atoms. The average Bonchev–Trinajstić information content (AvgIpc) is 2.33. The summed E-state index contributed by atoms with van der Waals surface area (Å²) in [4.78, 5) is 20.1. The summed E-state index contributed by atoms with van der Waals surface area (Å²) in [6.07, 6.45) is 0.642. The average molecular weight is 257 g/mol. The number of alkyl halides is 1. The Bertz CT molecular complexity index is 454. The van der Waals surface area contributed by atoms with Crippen LogP contribution in [0.4, 0.5) is 14.7 Å². The second kappa shape index (κ2) is 4.47. The van der Waals surface area contributed by atoms with Crippen LogP contribution in [0, 0.1) is 11.2 Å². The molecule has 1 aromatic heterocycles. The second-order valence-electron chi connectivity index (χ2n) is 4.59. The Morgan fingerprint density at radius 2 is 2.17 bits per heavy atom. The maximum absolute atomic E-state index is 13.9. The molecule has 0 amide bonds. The summed E-state index contributed by atoms with van der Waals surface area (Å²) in [6, 6.07) is 0. The molecule has 7 heteroatoms. The Balaban J connectivity index is 2.13. The van der Waals surface area contributed by atoms with E-state index < -0.39 is 23.4 Å². The van der Waals surface area contributed by atoms with Gasteiger partial charge in [-0.3, -0.25) is 4.79 Å². The fourth-order valence-corrected chi connectivity index (χ4v) is 1.90. The highest BCUT2D eigenvalue weighted by Gasteiger charge is 2.46. The molecule has 5 nitrogen and oxygen atoms in total. The van der Waals surface area contributed by atoms with E-state index >= 15 is 0 Å². The molecule has 2 rings (SSSR count). The third-order valence-corrected chi connectivity index (χ3v) is 3.35. The number of nitrogens with zero attached hydrogens (tertiary/aromatic N) is 3. The van der Waals surface area contributed by atoms with E-state index in [4.69, 9.17) is 5.11 Å². The van der Waals surface area contributed by atoms with Gasteiger partial charge in [0, 0.05) is 6.54 Å². The van der Waals surface area contributed by atoms with Crippen molar-refractivity contribution in [3.05, 3.63) is 18.2 Å². The zero-order chi connectivity index (χ0) is 13.3. The van der Waals surface area contributed by atoms with Crippen LogP contribution < -0.4 is 4.90 Å². The standard InChI is InChI=1S/C11H13F2N3O2/c1-11(9(17)18)2-3-16(6-8(11)13)10-14-4-7(12)5-15-10/h4-5,8H,2-3,6H2,1H3,(H,17,18)/t8-,11+/m1/s1. The number of piperidine rings is 1. The summed E-state index contributed by atoms with van der Waals surface area (Å²) in [5, 5.41) is 9.02. The molecule has 1 aliphatic heterocycles. The number of halogens is 2. The molecule has 18 heavy (non-hydrogen) atoms. The van der Waals surface area contributed by atoms with E-state index in [1.165, 1.54) is 11.8 Å². The summed E-state index contributed by atoms with van der Waals surface area (Å²) in [6.45, 7) is 1.62. The predicted molar refractivity (Wildman–Crippen MR) is 59.5 cm³/mol. The van der Waals surface area contributed by atoms with E-state index in [1.54, 1.807) is 0 Å². The van der Waals surface area contributed by atoms with Crippen molar-refractivity contribution in [2.75, 3.05) is 18.0 Å². The minimum absolute atomic E-state index is 0.103. The van der Waals surface area contributed by atoms with Crippen LogP contribution >= 0.6 is 0 Å². The van der Waals surface area contributed by atoms with Gasteiger partial charge in [-0.1, -0.05) is 0 Å². The lowest BCUT2D eigenvalue weighted by atomic mass is 9.79. The van der Waals surface area contributed by atoms with Gasteiger partial charge in [-0.25, -0.2) is 18.7 Å². The van der Waals surface area contributed by atoms with Crippen LogP contribution in [0.15, 0.2) is 12.4 Å². The highest BCUT2D eigenvalue weighted by molar-refractivity contribution is 5.75. The van der Waals surface area contributed by atoms with E-state index in [-0.39, 0.29) is 18.9 Å². The minimum atomic E-state index is -1.52. The Hall–Kier alpha value is -1.79. The highest BCUT2D eigenvalue weighted by atomic mass is 19.1. The molecule has 0 bridgehead atoms. The van der Waals surface area contributed by atoms with Crippen molar-refractivity contribution in [3.8, 4) is 0 Å². The lowest BCUT2D eigenvalue weighted by Crippen LogP contribution is -2.51. The monoisotopic (exact) mass is 257 g/mol. The number of aliphatic carboxylic acids is 1. The smallest absolute Gasteiger partial charge is 0.312 e. The van der Waals surface area contributed by atoms with Crippen molar-refractivity contribution in [2.45, 2.75) is 19.5 Å². The number of anilines is 1. The van der Waals surface area contributed by atoms with E-state index in [9.17, 15) is 13.6 Å². The van der Waals surface area contributed by atoms with Gasteiger partial charge in [0.05, 0.1) is 24.4 Å². The van der Waals surface area contributed by atoms with Gasteiger partial charge in [-0.05, 0) is 13.3 Å². The SMILES string of the molecule is C[C@]1(C(=O)O)CCN(c2ncc(F)cn2)C[C@H]1F. The predicted octanol–water partition coefficient (Wildman–Crippen LogP) is 1.25. The molecule has 0 saturated carbocycles. The van der Waals surface area contributed by atoms with Gasteiger partial charge >= 0.3 is 5.97 Å². The topological polar surface area (TPSA) is 66.3 Å².